The molecule has 0 fully saturated rings. The average Bonchev–Trinajstić information content (AvgIpc) is 2.46. The zero-order valence-corrected chi connectivity index (χ0v) is 12.4. The minimum atomic E-state index is -0.583. The predicted octanol–water partition coefficient (Wildman–Crippen LogP) is 2.06. The van der Waals surface area contributed by atoms with Crippen molar-refractivity contribution >= 4 is 0 Å². The third-order valence-corrected chi connectivity index (χ3v) is 3.68. The second-order valence-electron chi connectivity index (χ2n) is 5.28. The van der Waals surface area contributed by atoms with Crippen molar-refractivity contribution in [2.24, 2.45) is 0 Å². The van der Waals surface area contributed by atoms with Gasteiger partial charge in [-0.3, -0.25) is 0 Å². The topological polar surface area (TPSA) is 50.7 Å². The number of aliphatic hydroxyl groups is 1. The summed E-state index contributed by atoms with van der Waals surface area (Å²) in [7, 11) is 1.57. The molecule has 1 aliphatic rings. The summed E-state index contributed by atoms with van der Waals surface area (Å²) >= 11 is 0. The highest BCUT2D eigenvalue weighted by molar-refractivity contribution is 5.39. The van der Waals surface area contributed by atoms with E-state index in [1.807, 2.05) is 6.07 Å². The fraction of sp³-hybridized carbons (Fsp3) is 0.625. The Hall–Kier alpha value is -1.10. The van der Waals surface area contributed by atoms with Crippen LogP contribution < -0.4 is 10.1 Å². The molecule has 0 saturated carbocycles. The van der Waals surface area contributed by atoms with Gasteiger partial charge in [0.05, 0.1) is 6.61 Å². The fourth-order valence-corrected chi connectivity index (χ4v) is 2.76. The third-order valence-electron chi connectivity index (χ3n) is 3.68. The van der Waals surface area contributed by atoms with Crippen molar-refractivity contribution in [3.8, 4) is 5.75 Å². The standard InChI is InChI=1S/C16H25NO3/c1-3-17-16-6-4-5-12-7-8-14(9-15(12)16)20-11-13(18)10-19-2/h7-9,13,16-18H,3-6,10-11H2,1-2H3. The van der Waals surface area contributed by atoms with E-state index in [0.717, 1.165) is 18.7 Å². The van der Waals surface area contributed by atoms with Crippen molar-refractivity contribution in [3.63, 3.8) is 0 Å². The van der Waals surface area contributed by atoms with Crippen LogP contribution in [0.15, 0.2) is 18.2 Å². The first-order chi connectivity index (χ1) is 9.74. The van der Waals surface area contributed by atoms with Crippen molar-refractivity contribution in [1.29, 1.82) is 0 Å². The molecular formula is C16H25NO3. The number of ether oxygens (including phenoxy) is 2. The van der Waals surface area contributed by atoms with E-state index >= 15 is 0 Å². The molecule has 20 heavy (non-hydrogen) atoms. The van der Waals surface area contributed by atoms with Crippen molar-refractivity contribution in [2.75, 3.05) is 26.9 Å². The van der Waals surface area contributed by atoms with Crippen LogP contribution in [0.3, 0.4) is 0 Å². The molecule has 0 spiro atoms. The molecule has 2 unspecified atom stereocenters. The highest BCUT2D eigenvalue weighted by Crippen LogP contribution is 2.32. The Morgan fingerprint density at radius 3 is 3.00 bits per heavy atom. The molecule has 2 N–H and O–H groups in total. The van der Waals surface area contributed by atoms with Crippen LogP contribution in [-0.4, -0.2) is 38.1 Å². The maximum absolute atomic E-state index is 9.62. The average molecular weight is 279 g/mol. The van der Waals surface area contributed by atoms with Crippen molar-refractivity contribution < 1.29 is 14.6 Å². The molecule has 0 bridgehead atoms. The van der Waals surface area contributed by atoms with Crippen LogP contribution in [0, 0.1) is 0 Å². The van der Waals surface area contributed by atoms with Crippen molar-refractivity contribution in [2.45, 2.75) is 38.3 Å². The number of fused-ring (bicyclic) bond motifs is 1. The normalized spacial score (nSPS) is 19.4. The summed E-state index contributed by atoms with van der Waals surface area (Å²) in [4.78, 5) is 0. The largest absolute Gasteiger partial charge is 0.491 e. The molecule has 0 heterocycles. The number of benzene rings is 1. The summed E-state index contributed by atoms with van der Waals surface area (Å²) in [5, 5.41) is 13.2. The predicted molar refractivity (Wildman–Crippen MR) is 79.2 cm³/mol. The molecule has 2 rings (SSSR count). The van der Waals surface area contributed by atoms with Gasteiger partial charge in [0.15, 0.2) is 0 Å². The second-order valence-corrected chi connectivity index (χ2v) is 5.28. The number of nitrogens with one attached hydrogen (secondary N) is 1. The Bertz CT molecular complexity index is 422. The Morgan fingerprint density at radius 1 is 1.40 bits per heavy atom. The fourth-order valence-electron chi connectivity index (χ4n) is 2.76. The van der Waals surface area contributed by atoms with Crippen molar-refractivity contribution in [1.82, 2.24) is 5.32 Å². The number of methoxy groups -OCH3 is 1. The first kappa shape index (κ1) is 15.3. The number of hydrogen-bond donors (Lipinski definition) is 2. The van der Waals surface area contributed by atoms with E-state index in [2.05, 4.69) is 24.4 Å². The van der Waals surface area contributed by atoms with Gasteiger partial charge in [-0.05, 0) is 49.1 Å². The molecule has 112 valence electrons. The van der Waals surface area contributed by atoms with Crippen LogP contribution in [0.2, 0.25) is 0 Å². The molecule has 4 nitrogen and oxygen atoms in total. The van der Waals surface area contributed by atoms with E-state index in [-0.39, 0.29) is 6.61 Å². The van der Waals surface area contributed by atoms with Crippen LogP contribution in [0.4, 0.5) is 0 Å². The van der Waals surface area contributed by atoms with Crippen LogP contribution in [0.1, 0.15) is 36.9 Å². The Balaban J connectivity index is 2.03. The smallest absolute Gasteiger partial charge is 0.119 e. The lowest BCUT2D eigenvalue weighted by Crippen LogP contribution is -2.25. The molecule has 1 aromatic carbocycles. The quantitative estimate of drug-likeness (QED) is 0.802. The second kappa shape index (κ2) is 7.62. The SMILES string of the molecule is CCNC1CCCc2ccc(OCC(O)COC)cc21. The van der Waals surface area contributed by atoms with Crippen LogP contribution >= 0.6 is 0 Å². The minimum absolute atomic E-state index is 0.262. The van der Waals surface area contributed by atoms with Gasteiger partial charge < -0.3 is 19.9 Å². The van der Waals surface area contributed by atoms with Crippen LogP contribution in [0.25, 0.3) is 0 Å². The molecule has 0 aliphatic heterocycles. The maximum atomic E-state index is 9.62. The lowest BCUT2D eigenvalue weighted by Gasteiger charge is -2.26. The molecule has 0 aromatic heterocycles. The van der Waals surface area contributed by atoms with Gasteiger partial charge in [0.25, 0.3) is 0 Å². The summed E-state index contributed by atoms with van der Waals surface area (Å²) < 4.78 is 10.5. The van der Waals surface area contributed by atoms with E-state index in [4.69, 9.17) is 9.47 Å². The van der Waals surface area contributed by atoms with Crippen molar-refractivity contribution in [3.05, 3.63) is 29.3 Å². The van der Waals surface area contributed by atoms with Crippen LogP contribution in [-0.2, 0) is 11.2 Å². The number of aryl methyl sites for hydroxylation is 1. The monoisotopic (exact) mass is 279 g/mol. The van der Waals surface area contributed by atoms with Gasteiger partial charge in [0.2, 0.25) is 0 Å². The molecule has 0 radical (unpaired) electrons. The maximum Gasteiger partial charge on any atom is 0.119 e. The van der Waals surface area contributed by atoms with Crippen LogP contribution in [0.5, 0.6) is 5.75 Å². The molecule has 0 saturated heterocycles. The Labute approximate surface area is 121 Å². The van der Waals surface area contributed by atoms with Gasteiger partial charge in [-0.2, -0.15) is 0 Å². The first-order valence-corrected chi connectivity index (χ1v) is 7.40. The lowest BCUT2D eigenvalue weighted by atomic mass is 9.87. The zero-order valence-electron chi connectivity index (χ0n) is 12.4. The lowest BCUT2D eigenvalue weighted by molar-refractivity contribution is 0.0325. The molecule has 1 aliphatic carbocycles. The minimum Gasteiger partial charge on any atom is -0.491 e. The third kappa shape index (κ3) is 3.95. The van der Waals surface area contributed by atoms with E-state index in [1.165, 1.54) is 24.0 Å². The van der Waals surface area contributed by atoms with Gasteiger partial charge in [-0.15, -0.1) is 0 Å². The summed E-state index contributed by atoms with van der Waals surface area (Å²) in [6, 6.07) is 6.68. The van der Waals surface area contributed by atoms with E-state index in [9.17, 15) is 5.11 Å². The number of hydrogen-bond acceptors (Lipinski definition) is 4. The molecule has 2 atom stereocenters. The van der Waals surface area contributed by atoms with E-state index in [1.54, 1.807) is 7.11 Å². The first-order valence-electron chi connectivity index (χ1n) is 7.40. The van der Waals surface area contributed by atoms with E-state index < -0.39 is 6.10 Å². The molecule has 4 heteroatoms. The van der Waals surface area contributed by atoms with Gasteiger partial charge in [-0.25, -0.2) is 0 Å². The summed E-state index contributed by atoms with van der Waals surface area (Å²) in [6.07, 6.45) is 2.97. The summed E-state index contributed by atoms with van der Waals surface area (Å²) in [6.45, 7) is 3.67. The summed E-state index contributed by atoms with van der Waals surface area (Å²) in [5.74, 6) is 0.823. The Morgan fingerprint density at radius 2 is 2.25 bits per heavy atom. The number of aliphatic hydroxyl groups excluding tert-OH is 1. The molecule has 1 aromatic rings. The Kier molecular flexibility index (Phi) is 5.83. The summed E-state index contributed by atoms with van der Waals surface area (Å²) in [5.41, 5.74) is 2.75. The highest BCUT2D eigenvalue weighted by atomic mass is 16.5. The molecule has 0 amide bonds. The molecular weight excluding hydrogens is 254 g/mol. The van der Waals surface area contributed by atoms with Gasteiger partial charge in [-0.1, -0.05) is 13.0 Å². The zero-order chi connectivity index (χ0) is 14.4. The van der Waals surface area contributed by atoms with Gasteiger partial charge >= 0.3 is 0 Å². The highest BCUT2D eigenvalue weighted by Gasteiger charge is 2.20. The number of rotatable bonds is 7. The van der Waals surface area contributed by atoms with E-state index in [0.29, 0.717) is 12.6 Å². The van der Waals surface area contributed by atoms with Gasteiger partial charge in [0, 0.05) is 13.2 Å². The van der Waals surface area contributed by atoms with Gasteiger partial charge in [0.1, 0.15) is 18.5 Å².